The molecule has 0 aliphatic rings. The van der Waals surface area contributed by atoms with Crippen molar-refractivity contribution >= 4 is 36.4 Å². The third kappa shape index (κ3) is 6.21. The second kappa shape index (κ2) is 9.09. The molecule has 1 rings (SSSR count). The number of halogens is 3. The SMILES string of the molecule is C.Cl.Cl.Clc1ccccc1. The van der Waals surface area contributed by atoms with Gasteiger partial charge in [-0.15, -0.1) is 24.8 Å². The van der Waals surface area contributed by atoms with Crippen LogP contribution in [0.1, 0.15) is 7.43 Å². The van der Waals surface area contributed by atoms with E-state index in [9.17, 15) is 0 Å². The lowest BCUT2D eigenvalue weighted by molar-refractivity contribution is 1.71. The monoisotopic (exact) mass is 200 g/mol. The van der Waals surface area contributed by atoms with Crippen LogP contribution in [-0.2, 0) is 0 Å². The van der Waals surface area contributed by atoms with Gasteiger partial charge in [0, 0.05) is 5.02 Å². The molecule has 0 heterocycles. The molecule has 0 aliphatic carbocycles. The van der Waals surface area contributed by atoms with Gasteiger partial charge < -0.3 is 0 Å². The second-order valence-corrected chi connectivity index (χ2v) is 1.73. The van der Waals surface area contributed by atoms with Crippen LogP contribution in [0, 0.1) is 0 Å². The maximum atomic E-state index is 5.54. The highest BCUT2D eigenvalue weighted by molar-refractivity contribution is 6.30. The lowest BCUT2D eigenvalue weighted by atomic mass is 10.4. The smallest absolute Gasteiger partial charge is 0.0405 e. The van der Waals surface area contributed by atoms with E-state index in [2.05, 4.69) is 0 Å². The average molecular weight is 202 g/mol. The molecular weight excluding hydrogens is 190 g/mol. The lowest BCUT2D eigenvalue weighted by Crippen LogP contribution is -1.55. The Morgan fingerprint density at radius 1 is 0.900 bits per heavy atom. The van der Waals surface area contributed by atoms with Gasteiger partial charge in [-0.1, -0.05) is 37.2 Å². The molecule has 0 N–H and O–H groups in total. The van der Waals surface area contributed by atoms with Crippen LogP contribution in [0.15, 0.2) is 30.3 Å². The number of benzene rings is 1. The van der Waals surface area contributed by atoms with Gasteiger partial charge in [0.1, 0.15) is 0 Å². The summed E-state index contributed by atoms with van der Waals surface area (Å²) in [5.41, 5.74) is 0. The maximum Gasteiger partial charge on any atom is 0.0405 e. The third-order valence-electron chi connectivity index (χ3n) is 0.733. The van der Waals surface area contributed by atoms with Gasteiger partial charge in [-0.05, 0) is 12.1 Å². The Morgan fingerprint density at radius 2 is 1.30 bits per heavy atom. The van der Waals surface area contributed by atoms with E-state index in [4.69, 9.17) is 11.6 Å². The summed E-state index contributed by atoms with van der Waals surface area (Å²) < 4.78 is 0. The van der Waals surface area contributed by atoms with Crippen LogP contribution < -0.4 is 0 Å². The van der Waals surface area contributed by atoms with E-state index in [1.807, 2.05) is 30.3 Å². The van der Waals surface area contributed by atoms with Gasteiger partial charge in [0.25, 0.3) is 0 Å². The van der Waals surface area contributed by atoms with Crippen molar-refractivity contribution < 1.29 is 0 Å². The van der Waals surface area contributed by atoms with E-state index in [-0.39, 0.29) is 32.2 Å². The first-order valence-electron chi connectivity index (χ1n) is 2.10. The molecule has 0 radical (unpaired) electrons. The Hall–Kier alpha value is 0.0900. The molecule has 0 nitrogen and oxygen atoms in total. The Balaban J connectivity index is -0.000000163. The first-order chi connectivity index (χ1) is 3.39. The zero-order valence-corrected chi connectivity index (χ0v) is 6.97. The summed E-state index contributed by atoms with van der Waals surface area (Å²) in [6.45, 7) is 0. The maximum absolute atomic E-state index is 5.54. The van der Waals surface area contributed by atoms with Crippen LogP contribution in [-0.4, -0.2) is 0 Å². The fourth-order valence-electron chi connectivity index (χ4n) is 0.415. The molecule has 0 aliphatic heterocycles. The Bertz CT molecular complexity index is 139. The molecule has 0 unspecified atom stereocenters. The minimum Gasteiger partial charge on any atom is -0.147 e. The normalized spacial score (nSPS) is 6.10. The summed E-state index contributed by atoms with van der Waals surface area (Å²) in [5, 5.41) is 0.794. The van der Waals surface area contributed by atoms with E-state index < -0.39 is 0 Å². The van der Waals surface area contributed by atoms with Crippen molar-refractivity contribution in [1.82, 2.24) is 0 Å². The topological polar surface area (TPSA) is 0 Å². The largest absolute Gasteiger partial charge is 0.147 e. The summed E-state index contributed by atoms with van der Waals surface area (Å²) in [4.78, 5) is 0. The Labute approximate surface area is 79.4 Å². The molecular formula is C7H11Cl3. The molecule has 0 atom stereocenters. The van der Waals surface area contributed by atoms with E-state index in [1.165, 1.54) is 0 Å². The first-order valence-corrected chi connectivity index (χ1v) is 2.48. The molecule has 1 aromatic carbocycles. The zero-order valence-electron chi connectivity index (χ0n) is 4.58. The van der Waals surface area contributed by atoms with Crippen molar-refractivity contribution in [3.05, 3.63) is 35.4 Å². The predicted molar refractivity (Wildman–Crippen MR) is 52.7 cm³/mol. The molecule has 0 saturated carbocycles. The van der Waals surface area contributed by atoms with Gasteiger partial charge in [0.05, 0.1) is 0 Å². The molecule has 0 aromatic heterocycles. The minimum absolute atomic E-state index is 0. The molecule has 0 spiro atoms. The van der Waals surface area contributed by atoms with Gasteiger partial charge in [0.2, 0.25) is 0 Å². The van der Waals surface area contributed by atoms with Crippen molar-refractivity contribution in [1.29, 1.82) is 0 Å². The fraction of sp³-hybridized carbons (Fsp3) is 0.143. The van der Waals surface area contributed by atoms with Crippen molar-refractivity contribution in [3.8, 4) is 0 Å². The summed E-state index contributed by atoms with van der Waals surface area (Å²) in [6.07, 6.45) is 0. The van der Waals surface area contributed by atoms with Crippen LogP contribution in [0.2, 0.25) is 5.02 Å². The number of hydrogen-bond donors (Lipinski definition) is 0. The van der Waals surface area contributed by atoms with E-state index >= 15 is 0 Å². The molecule has 3 heteroatoms. The highest BCUT2D eigenvalue weighted by Gasteiger charge is 1.74. The van der Waals surface area contributed by atoms with Gasteiger partial charge in [-0.2, -0.15) is 0 Å². The summed E-state index contributed by atoms with van der Waals surface area (Å²) in [6, 6.07) is 9.44. The Kier molecular flexibility index (Phi) is 15.1. The van der Waals surface area contributed by atoms with Crippen LogP contribution in [0.4, 0.5) is 0 Å². The van der Waals surface area contributed by atoms with Gasteiger partial charge in [-0.25, -0.2) is 0 Å². The predicted octanol–water partition coefficient (Wildman–Crippen LogP) is 3.82. The molecule has 60 valence electrons. The van der Waals surface area contributed by atoms with E-state index in [1.54, 1.807) is 0 Å². The van der Waals surface area contributed by atoms with Crippen LogP contribution in [0.5, 0.6) is 0 Å². The average Bonchev–Trinajstić information content (AvgIpc) is 1.69. The zero-order chi connectivity index (χ0) is 5.11. The number of rotatable bonds is 0. The molecule has 0 fully saturated rings. The van der Waals surface area contributed by atoms with E-state index in [0.717, 1.165) is 5.02 Å². The fourth-order valence-corrected chi connectivity index (χ4v) is 0.560. The van der Waals surface area contributed by atoms with Crippen LogP contribution >= 0.6 is 36.4 Å². The van der Waals surface area contributed by atoms with Crippen molar-refractivity contribution in [2.24, 2.45) is 0 Å². The van der Waals surface area contributed by atoms with Gasteiger partial charge in [-0.3, -0.25) is 0 Å². The highest BCUT2D eigenvalue weighted by atomic mass is 35.5. The minimum atomic E-state index is 0. The summed E-state index contributed by atoms with van der Waals surface area (Å²) in [7, 11) is 0. The molecule has 1 aromatic rings. The van der Waals surface area contributed by atoms with Crippen LogP contribution in [0.3, 0.4) is 0 Å². The Morgan fingerprint density at radius 3 is 1.50 bits per heavy atom. The first kappa shape index (κ1) is 16.6. The van der Waals surface area contributed by atoms with Crippen molar-refractivity contribution in [2.45, 2.75) is 7.43 Å². The summed E-state index contributed by atoms with van der Waals surface area (Å²) in [5.74, 6) is 0. The standard InChI is InChI=1S/C6H5Cl.CH4.2ClH/c7-6-4-2-1-3-5-6;;;/h1-5H;1H4;2*1H. The second-order valence-electron chi connectivity index (χ2n) is 1.30. The number of hydrogen-bond acceptors (Lipinski definition) is 0. The van der Waals surface area contributed by atoms with Gasteiger partial charge >= 0.3 is 0 Å². The van der Waals surface area contributed by atoms with Gasteiger partial charge in [0.15, 0.2) is 0 Å². The highest BCUT2D eigenvalue weighted by Crippen LogP contribution is 2.03. The summed E-state index contributed by atoms with van der Waals surface area (Å²) >= 11 is 5.54. The lowest BCUT2D eigenvalue weighted by Gasteiger charge is -1.80. The van der Waals surface area contributed by atoms with Crippen molar-refractivity contribution in [3.63, 3.8) is 0 Å². The molecule has 0 bridgehead atoms. The van der Waals surface area contributed by atoms with E-state index in [0.29, 0.717) is 0 Å². The quantitative estimate of drug-likeness (QED) is 0.599. The molecule has 0 amide bonds. The molecule has 0 saturated heterocycles. The third-order valence-corrected chi connectivity index (χ3v) is 0.985. The van der Waals surface area contributed by atoms with Crippen molar-refractivity contribution in [2.75, 3.05) is 0 Å². The molecule has 10 heavy (non-hydrogen) atoms. The van der Waals surface area contributed by atoms with Crippen LogP contribution in [0.25, 0.3) is 0 Å².